The molecule has 1 aromatic rings. The van der Waals surface area contributed by atoms with Gasteiger partial charge in [0.2, 0.25) is 0 Å². The van der Waals surface area contributed by atoms with Crippen molar-refractivity contribution in [3.8, 4) is 0 Å². The molecule has 1 aromatic carbocycles. The first-order valence-corrected chi connectivity index (χ1v) is 6.46. The van der Waals surface area contributed by atoms with Gasteiger partial charge in [0.1, 0.15) is 0 Å². The van der Waals surface area contributed by atoms with E-state index in [1.165, 1.54) is 24.0 Å². The number of benzene rings is 1. The molecule has 0 fully saturated rings. The molecule has 0 saturated carbocycles. The summed E-state index contributed by atoms with van der Waals surface area (Å²) in [5.41, 5.74) is 3.53. The molecule has 1 nitrogen and oxygen atoms in total. The minimum Gasteiger partial charge on any atom is -0.293 e. The van der Waals surface area contributed by atoms with E-state index < -0.39 is 0 Å². The molecule has 0 saturated heterocycles. The SMILES string of the molecule is CCC(Cl)C(=O)c1ccc2c(c1)CCCC2. The van der Waals surface area contributed by atoms with Gasteiger partial charge in [-0.05, 0) is 49.3 Å². The van der Waals surface area contributed by atoms with Gasteiger partial charge in [0, 0.05) is 5.56 Å². The van der Waals surface area contributed by atoms with Crippen LogP contribution in [0.5, 0.6) is 0 Å². The van der Waals surface area contributed by atoms with Gasteiger partial charge < -0.3 is 0 Å². The van der Waals surface area contributed by atoms with Crippen molar-refractivity contribution in [1.29, 1.82) is 0 Å². The van der Waals surface area contributed by atoms with E-state index in [1.807, 2.05) is 19.1 Å². The molecule has 0 radical (unpaired) electrons. The number of rotatable bonds is 3. The number of hydrogen-bond donors (Lipinski definition) is 0. The van der Waals surface area contributed by atoms with Crippen LogP contribution in [0.2, 0.25) is 0 Å². The Balaban J connectivity index is 2.26. The zero-order chi connectivity index (χ0) is 11.5. The van der Waals surface area contributed by atoms with Crippen LogP contribution >= 0.6 is 11.6 Å². The second kappa shape index (κ2) is 5.01. The summed E-state index contributed by atoms with van der Waals surface area (Å²) in [7, 11) is 0. The lowest BCUT2D eigenvalue weighted by Gasteiger charge is -2.16. The van der Waals surface area contributed by atoms with Crippen LogP contribution in [0, 0.1) is 0 Å². The standard InChI is InChI=1S/C14H17ClO/c1-2-13(15)14(16)12-8-7-10-5-3-4-6-11(10)9-12/h7-9,13H,2-6H2,1H3. The predicted octanol–water partition coefficient (Wildman–Crippen LogP) is 3.77. The van der Waals surface area contributed by atoms with Crippen molar-refractivity contribution in [1.82, 2.24) is 0 Å². The molecule has 1 atom stereocenters. The fraction of sp³-hybridized carbons (Fsp3) is 0.500. The van der Waals surface area contributed by atoms with Crippen LogP contribution in [-0.2, 0) is 12.8 Å². The molecule has 2 heteroatoms. The lowest BCUT2D eigenvalue weighted by atomic mass is 9.89. The van der Waals surface area contributed by atoms with Crippen molar-refractivity contribution in [3.63, 3.8) is 0 Å². The van der Waals surface area contributed by atoms with E-state index in [0.717, 1.165) is 18.4 Å². The number of Topliss-reactive ketones (excluding diaryl/α,β-unsaturated/α-hetero) is 1. The fourth-order valence-electron chi connectivity index (χ4n) is 2.25. The van der Waals surface area contributed by atoms with Gasteiger partial charge in [0.25, 0.3) is 0 Å². The van der Waals surface area contributed by atoms with Gasteiger partial charge in [0.15, 0.2) is 5.78 Å². The third-order valence-electron chi connectivity index (χ3n) is 3.28. The minimum atomic E-state index is -0.373. The van der Waals surface area contributed by atoms with Crippen molar-refractivity contribution >= 4 is 17.4 Å². The molecule has 16 heavy (non-hydrogen) atoms. The normalized spacial score (nSPS) is 16.6. The zero-order valence-corrected chi connectivity index (χ0v) is 10.4. The monoisotopic (exact) mass is 236 g/mol. The smallest absolute Gasteiger partial charge is 0.180 e. The Labute approximate surface area is 102 Å². The topological polar surface area (TPSA) is 17.1 Å². The maximum atomic E-state index is 11.9. The highest BCUT2D eigenvalue weighted by Crippen LogP contribution is 2.23. The first-order valence-electron chi connectivity index (χ1n) is 6.02. The van der Waals surface area contributed by atoms with Gasteiger partial charge in [-0.15, -0.1) is 11.6 Å². The van der Waals surface area contributed by atoms with E-state index in [-0.39, 0.29) is 11.2 Å². The van der Waals surface area contributed by atoms with Crippen LogP contribution < -0.4 is 0 Å². The van der Waals surface area contributed by atoms with Crippen molar-refractivity contribution < 1.29 is 4.79 Å². The van der Waals surface area contributed by atoms with E-state index in [1.54, 1.807) is 0 Å². The summed E-state index contributed by atoms with van der Waals surface area (Å²) in [5.74, 6) is 0.0672. The zero-order valence-electron chi connectivity index (χ0n) is 9.63. The summed E-state index contributed by atoms with van der Waals surface area (Å²) >= 11 is 5.98. The van der Waals surface area contributed by atoms with Crippen LogP contribution in [-0.4, -0.2) is 11.2 Å². The number of aryl methyl sites for hydroxylation is 2. The fourth-order valence-corrected chi connectivity index (χ4v) is 2.38. The Hall–Kier alpha value is -0.820. The van der Waals surface area contributed by atoms with Gasteiger partial charge in [-0.25, -0.2) is 0 Å². The Morgan fingerprint density at radius 1 is 1.31 bits per heavy atom. The van der Waals surface area contributed by atoms with Gasteiger partial charge >= 0.3 is 0 Å². The summed E-state index contributed by atoms with van der Waals surface area (Å²) in [6.45, 7) is 1.94. The quantitative estimate of drug-likeness (QED) is 0.577. The van der Waals surface area contributed by atoms with Crippen LogP contribution in [0.25, 0.3) is 0 Å². The average Bonchev–Trinajstić information content (AvgIpc) is 2.36. The summed E-state index contributed by atoms with van der Waals surface area (Å²) in [6, 6.07) is 6.07. The molecule has 0 heterocycles. The molecule has 2 rings (SSSR count). The summed E-state index contributed by atoms with van der Waals surface area (Å²) in [6.07, 6.45) is 5.46. The van der Waals surface area contributed by atoms with Crippen LogP contribution in [0.15, 0.2) is 18.2 Å². The van der Waals surface area contributed by atoms with Gasteiger partial charge in [-0.1, -0.05) is 19.1 Å². The van der Waals surface area contributed by atoms with Crippen molar-refractivity contribution in [2.24, 2.45) is 0 Å². The molecule has 0 amide bonds. The molecule has 0 aliphatic heterocycles. The first kappa shape index (κ1) is 11.7. The average molecular weight is 237 g/mol. The van der Waals surface area contributed by atoms with Crippen LogP contribution in [0.4, 0.5) is 0 Å². The lowest BCUT2D eigenvalue weighted by Crippen LogP contribution is -2.14. The predicted molar refractivity (Wildman–Crippen MR) is 67.3 cm³/mol. The second-order valence-corrected chi connectivity index (χ2v) is 4.96. The third-order valence-corrected chi connectivity index (χ3v) is 3.78. The number of carbonyl (C=O) groups is 1. The Kier molecular flexibility index (Phi) is 3.65. The van der Waals surface area contributed by atoms with Crippen LogP contribution in [0.3, 0.4) is 0 Å². The lowest BCUT2D eigenvalue weighted by molar-refractivity contribution is 0.0985. The second-order valence-electron chi connectivity index (χ2n) is 4.43. The highest BCUT2D eigenvalue weighted by Gasteiger charge is 2.17. The highest BCUT2D eigenvalue weighted by molar-refractivity contribution is 6.33. The summed E-state index contributed by atoms with van der Waals surface area (Å²) < 4.78 is 0. The van der Waals surface area contributed by atoms with E-state index >= 15 is 0 Å². The molecule has 0 spiro atoms. The molecule has 1 aliphatic rings. The van der Waals surface area contributed by atoms with Crippen molar-refractivity contribution in [3.05, 3.63) is 34.9 Å². The van der Waals surface area contributed by atoms with E-state index in [0.29, 0.717) is 6.42 Å². The van der Waals surface area contributed by atoms with Crippen molar-refractivity contribution in [2.45, 2.75) is 44.4 Å². The Morgan fingerprint density at radius 2 is 2.00 bits per heavy atom. The van der Waals surface area contributed by atoms with Gasteiger partial charge in [-0.2, -0.15) is 0 Å². The first-order chi connectivity index (χ1) is 7.72. The number of ketones is 1. The van der Waals surface area contributed by atoms with Gasteiger partial charge in [-0.3, -0.25) is 4.79 Å². The Morgan fingerprint density at radius 3 is 2.69 bits per heavy atom. The molecule has 1 aliphatic carbocycles. The minimum absolute atomic E-state index is 0.0672. The number of fused-ring (bicyclic) bond motifs is 1. The molecule has 86 valence electrons. The Bertz CT molecular complexity index is 398. The highest BCUT2D eigenvalue weighted by atomic mass is 35.5. The maximum Gasteiger partial charge on any atom is 0.180 e. The van der Waals surface area contributed by atoms with Crippen LogP contribution in [0.1, 0.15) is 47.7 Å². The molecular weight excluding hydrogens is 220 g/mol. The van der Waals surface area contributed by atoms with E-state index in [2.05, 4.69) is 6.07 Å². The van der Waals surface area contributed by atoms with E-state index in [4.69, 9.17) is 11.6 Å². The maximum absolute atomic E-state index is 11.9. The third kappa shape index (κ3) is 2.30. The summed E-state index contributed by atoms with van der Waals surface area (Å²) in [4.78, 5) is 11.9. The van der Waals surface area contributed by atoms with Gasteiger partial charge in [0.05, 0.1) is 5.38 Å². The molecule has 0 aromatic heterocycles. The molecule has 0 N–H and O–H groups in total. The molecular formula is C14H17ClO. The molecule has 0 bridgehead atoms. The molecule has 1 unspecified atom stereocenters. The number of halogens is 1. The number of alkyl halides is 1. The van der Waals surface area contributed by atoms with Crippen molar-refractivity contribution in [2.75, 3.05) is 0 Å². The summed E-state index contributed by atoms with van der Waals surface area (Å²) in [5, 5.41) is -0.373. The number of carbonyl (C=O) groups excluding carboxylic acids is 1. The number of hydrogen-bond acceptors (Lipinski definition) is 1. The van der Waals surface area contributed by atoms with E-state index in [9.17, 15) is 4.79 Å². The largest absolute Gasteiger partial charge is 0.293 e.